The van der Waals surface area contributed by atoms with Crippen LogP contribution in [0.25, 0.3) is 0 Å². The molecule has 0 bridgehead atoms. The molecule has 0 aromatic heterocycles. The summed E-state index contributed by atoms with van der Waals surface area (Å²) in [6, 6.07) is 7.86. The average Bonchev–Trinajstić information content (AvgIpc) is 2.84. The van der Waals surface area contributed by atoms with E-state index in [0.717, 1.165) is 23.6 Å². The molecule has 0 aliphatic rings. The lowest BCUT2D eigenvalue weighted by molar-refractivity contribution is 0.168. The van der Waals surface area contributed by atoms with Crippen molar-refractivity contribution in [3.63, 3.8) is 0 Å². The molecule has 0 radical (unpaired) electrons. The lowest BCUT2D eigenvalue weighted by atomic mass is 10.0. The minimum absolute atomic E-state index is 0.607. The first-order valence-corrected chi connectivity index (χ1v) is 18.3. The normalized spacial score (nSPS) is 11.9. The smallest absolute Gasteiger partial charge is 0.332 e. The zero-order valence-electron chi connectivity index (χ0n) is 23.6. The fourth-order valence-corrected chi connectivity index (χ4v) is 5.91. The molecule has 0 aliphatic carbocycles. The minimum Gasteiger partial charge on any atom is -0.395 e. The molecule has 0 saturated heterocycles. The van der Waals surface area contributed by atoms with E-state index in [-0.39, 0.29) is 0 Å². The summed E-state index contributed by atoms with van der Waals surface area (Å²) in [6.45, 7) is 8.01. The van der Waals surface area contributed by atoms with Gasteiger partial charge in [-0.15, -0.1) is 0 Å². The van der Waals surface area contributed by atoms with E-state index in [1.165, 1.54) is 122 Å². The first-order valence-electron chi connectivity index (χ1n) is 15.1. The van der Waals surface area contributed by atoms with Gasteiger partial charge in [0.2, 0.25) is 0 Å². The van der Waals surface area contributed by atoms with Gasteiger partial charge in [-0.3, -0.25) is 0 Å². The highest BCUT2D eigenvalue weighted by Gasteiger charge is 2.24. The van der Waals surface area contributed by atoms with E-state index in [1.54, 1.807) is 0 Å². The molecule has 1 aromatic carbocycles. The Morgan fingerprint density at radius 3 is 1.31 bits per heavy atom. The molecule has 0 amide bonds. The van der Waals surface area contributed by atoms with Crippen molar-refractivity contribution in [1.29, 1.82) is 0 Å². The van der Waals surface area contributed by atoms with Crippen LogP contribution in [0.5, 0.6) is 0 Å². The molecule has 0 fully saturated rings. The Morgan fingerprint density at radius 1 is 0.543 bits per heavy atom. The topological polar surface area (TPSA) is 18.5 Å². The van der Waals surface area contributed by atoms with Crippen molar-refractivity contribution in [2.24, 2.45) is 0 Å². The fraction of sp³-hybridized carbons (Fsp3) is 0.806. The minimum atomic E-state index is -2.05. The summed E-state index contributed by atoms with van der Waals surface area (Å²) in [4.78, 5) is 0. The summed E-state index contributed by atoms with van der Waals surface area (Å²) >= 11 is 5.94. The number of benzene rings is 1. The van der Waals surface area contributed by atoms with Crippen LogP contribution in [-0.2, 0) is 15.5 Å². The molecule has 1 rings (SSSR count). The van der Waals surface area contributed by atoms with Crippen LogP contribution in [0.3, 0.4) is 0 Å². The van der Waals surface area contributed by atoms with Crippen molar-refractivity contribution < 1.29 is 8.85 Å². The van der Waals surface area contributed by atoms with Crippen molar-refractivity contribution >= 4 is 20.2 Å². The molecule has 1 aromatic rings. The Balaban J connectivity index is 1.78. The van der Waals surface area contributed by atoms with Crippen molar-refractivity contribution in [1.82, 2.24) is 0 Å². The Labute approximate surface area is 225 Å². The van der Waals surface area contributed by atoms with Gasteiger partial charge >= 0.3 is 8.56 Å². The summed E-state index contributed by atoms with van der Waals surface area (Å²) in [6.07, 6.45) is 28.3. The quantitative estimate of drug-likeness (QED) is 0.0934. The summed E-state index contributed by atoms with van der Waals surface area (Å²) in [5, 5.41) is 0.765. The van der Waals surface area contributed by atoms with E-state index in [4.69, 9.17) is 20.5 Å². The zero-order valence-corrected chi connectivity index (χ0v) is 25.3. The largest absolute Gasteiger partial charge is 0.395 e. The summed E-state index contributed by atoms with van der Waals surface area (Å²) in [5.74, 6) is 0. The highest BCUT2D eigenvalue weighted by Crippen LogP contribution is 2.17. The first kappa shape index (κ1) is 32.7. The molecular formula is C31H57ClO2Si. The van der Waals surface area contributed by atoms with Gasteiger partial charge in [0, 0.05) is 11.6 Å². The zero-order chi connectivity index (χ0) is 25.5. The molecule has 35 heavy (non-hydrogen) atoms. The Hall–Kier alpha value is -0.353. The third-order valence-corrected chi connectivity index (χ3v) is 8.94. The number of rotatable bonds is 25. The number of hydrogen-bond donors (Lipinski definition) is 0. The maximum absolute atomic E-state index is 6.10. The van der Waals surface area contributed by atoms with E-state index >= 15 is 0 Å². The summed E-state index contributed by atoms with van der Waals surface area (Å²) in [7, 11) is -2.05. The highest BCUT2D eigenvalue weighted by molar-refractivity contribution is 6.64. The molecule has 0 heterocycles. The van der Waals surface area contributed by atoms with Gasteiger partial charge in [0.25, 0.3) is 0 Å². The van der Waals surface area contributed by atoms with Crippen LogP contribution in [-0.4, -0.2) is 15.2 Å². The number of halogens is 1. The lowest BCUT2D eigenvalue weighted by Crippen LogP contribution is -2.35. The third kappa shape index (κ3) is 21.4. The van der Waals surface area contributed by atoms with Gasteiger partial charge in [0.1, 0.15) is 0 Å². The fourth-order valence-electron chi connectivity index (χ4n) is 4.55. The molecule has 0 N–H and O–H groups in total. The molecular weight excluding hydrogens is 468 g/mol. The van der Waals surface area contributed by atoms with Crippen molar-refractivity contribution in [2.45, 2.75) is 155 Å². The standard InChI is InChI=1S/C31H57ClO2Si/c1-4-5-6-7-8-9-10-11-12-13-14-15-16-17-18-19-20-21-22-23-28-33-35(2,3)34-29-30-24-26-31(32)27-25-30/h24-27H,4-23,28-29H2,1-3H3. The Morgan fingerprint density at radius 2 is 0.914 bits per heavy atom. The van der Waals surface area contributed by atoms with Crippen LogP contribution in [0.1, 0.15) is 141 Å². The maximum atomic E-state index is 6.10. The summed E-state index contributed by atoms with van der Waals surface area (Å²) < 4.78 is 12.2. The van der Waals surface area contributed by atoms with Crippen molar-refractivity contribution in [3.05, 3.63) is 34.9 Å². The molecule has 2 nitrogen and oxygen atoms in total. The first-order chi connectivity index (χ1) is 17.0. The molecule has 204 valence electrons. The Kier molecular flexibility index (Phi) is 21.3. The second-order valence-electron chi connectivity index (χ2n) is 10.9. The lowest BCUT2D eigenvalue weighted by Gasteiger charge is -2.23. The van der Waals surface area contributed by atoms with Crippen LogP contribution >= 0.6 is 11.6 Å². The molecule has 4 heteroatoms. The predicted molar refractivity (Wildman–Crippen MR) is 158 cm³/mol. The van der Waals surface area contributed by atoms with Gasteiger partial charge in [-0.05, 0) is 37.2 Å². The third-order valence-electron chi connectivity index (χ3n) is 6.95. The van der Waals surface area contributed by atoms with E-state index in [9.17, 15) is 0 Å². The SMILES string of the molecule is CCCCCCCCCCCCCCCCCCCCCCO[Si](C)(C)OCc1ccc(Cl)cc1. The van der Waals surface area contributed by atoms with Crippen molar-refractivity contribution in [2.75, 3.05) is 6.61 Å². The van der Waals surface area contributed by atoms with Crippen LogP contribution in [0.15, 0.2) is 24.3 Å². The molecule has 0 atom stereocenters. The maximum Gasteiger partial charge on any atom is 0.332 e. The monoisotopic (exact) mass is 524 g/mol. The predicted octanol–water partition coefficient (Wildman–Crippen LogP) is 11.4. The van der Waals surface area contributed by atoms with Crippen LogP contribution in [0.4, 0.5) is 0 Å². The van der Waals surface area contributed by atoms with Gasteiger partial charge in [-0.1, -0.05) is 153 Å². The second kappa shape index (κ2) is 22.8. The van der Waals surface area contributed by atoms with Gasteiger partial charge < -0.3 is 8.85 Å². The average molecular weight is 525 g/mol. The van der Waals surface area contributed by atoms with Crippen LogP contribution in [0, 0.1) is 0 Å². The molecule has 0 saturated carbocycles. The number of unbranched alkanes of at least 4 members (excludes halogenated alkanes) is 19. The van der Waals surface area contributed by atoms with Gasteiger partial charge in [0.05, 0.1) is 6.61 Å². The van der Waals surface area contributed by atoms with E-state index < -0.39 is 8.56 Å². The van der Waals surface area contributed by atoms with Gasteiger partial charge in [-0.25, -0.2) is 0 Å². The van der Waals surface area contributed by atoms with E-state index in [0.29, 0.717) is 6.61 Å². The highest BCUT2D eigenvalue weighted by atomic mass is 35.5. The van der Waals surface area contributed by atoms with Crippen LogP contribution < -0.4 is 0 Å². The van der Waals surface area contributed by atoms with Crippen molar-refractivity contribution in [3.8, 4) is 0 Å². The summed E-state index contributed by atoms with van der Waals surface area (Å²) in [5.41, 5.74) is 1.15. The molecule has 0 spiro atoms. The second-order valence-corrected chi connectivity index (χ2v) is 14.7. The van der Waals surface area contributed by atoms with E-state index in [2.05, 4.69) is 20.0 Å². The van der Waals surface area contributed by atoms with Gasteiger partial charge in [-0.2, -0.15) is 0 Å². The molecule has 0 unspecified atom stereocenters. The molecule has 0 aliphatic heterocycles. The van der Waals surface area contributed by atoms with Gasteiger partial charge in [0.15, 0.2) is 0 Å². The van der Waals surface area contributed by atoms with E-state index in [1.807, 2.05) is 24.3 Å². The van der Waals surface area contributed by atoms with Crippen LogP contribution in [0.2, 0.25) is 18.1 Å². The number of hydrogen-bond acceptors (Lipinski definition) is 2. The Bertz CT molecular complexity index is 576.